The monoisotopic (exact) mass is 252 g/mol. The molecular weight excluding hydrogens is 220 g/mol. The van der Waals surface area contributed by atoms with E-state index < -0.39 is 8.07 Å². The van der Waals surface area contributed by atoms with Crippen LogP contribution in [-0.4, -0.2) is 8.07 Å². The van der Waals surface area contributed by atoms with Gasteiger partial charge in [-0.15, -0.1) is 5.73 Å². The lowest BCUT2D eigenvalue weighted by molar-refractivity contribution is 0.664. The van der Waals surface area contributed by atoms with E-state index in [1.807, 2.05) is 0 Å². The Hall–Kier alpha value is -0.263. The summed E-state index contributed by atoms with van der Waals surface area (Å²) in [5.41, 5.74) is 7.40. The van der Waals surface area contributed by atoms with Crippen LogP contribution in [-0.2, 0) is 0 Å². The summed E-state index contributed by atoms with van der Waals surface area (Å²) in [6.07, 6.45) is 6.63. The van der Waals surface area contributed by atoms with Crippen LogP contribution in [0.5, 0.6) is 0 Å². The Labute approximate surface area is 110 Å². The van der Waals surface area contributed by atoms with Crippen LogP contribution < -0.4 is 0 Å². The highest BCUT2D eigenvalue weighted by Crippen LogP contribution is 2.36. The van der Waals surface area contributed by atoms with Crippen LogP contribution in [0.15, 0.2) is 17.0 Å². The van der Waals surface area contributed by atoms with Gasteiger partial charge < -0.3 is 0 Å². The minimum Gasteiger partial charge on any atom is -0.131 e. The van der Waals surface area contributed by atoms with E-state index in [9.17, 15) is 0 Å². The van der Waals surface area contributed by atoms with Crippen molar-refractivity contribution in [2.75, 3.05) is 0 Å². The quantitative estimate of drug-likeness (QED) is 0.304. The van der Waals surface area contributed by atoms with Gasteiger partial charge in [-0.2, -0.15) is 0 Å². The second-order valence-electron chi connectivity index (χ2n) is 6.85. The summed E-state index contributed by atoms with van der Waals surface area (Å²) < 4.78 is 0. The van der Waals surface area contributed by atoms with Gasteiger partial charge in [-0.05, 0) is 30.4 Å². The number of rotatable bonds is 6. The molecule has 1 heteroatoms. The van der Waals surface area contributed by atoms with E-state index >= 15 is 0 Å². The lowest BCUT2D eigenvalue weighted by Crippen LogP contribution is -2.34. The van der Waals surface area contributed by atoms with Crippen LogP contribution >= 0.6 is 0 Å². The Kier molecular flexibility index (Phi) is 7.12. The standard InChI is InChI=1S/C16H32Si/c1-8-9-10-11-12-15(2)13-14-17(6,7)16(3,4)5/h14H,8-12H2,1-7H3. The molecule has 0 nitrogen and oxygen atoms in total. The van der Waals surface area contributed by atoms with Crippen LogP contribution in [0.1, 0.15) is 66.7 Å². The number of allylic oxidation sites excluding steroid dienone is 1. The first-order valence-electron chi connectivity index (χ1n) is 7.14. The van der Waals surface area contributed by atoms with Crippen molar-refractivity contribution in [2.45, 2.75) is 84.9 Å². The Morgan fingerprint density at radius 3 is 2.18 bits per heavy atom. The van der Waals surface area contributed by atoms with E-state index in [0.717, 1.165) is 0 Å². The van der Waals surface area contributed by atoms with Crippen LogP contribution in [0.2, 0.25) is 18.1 Å². The molecule has 0 atom stereocenters. The van der Waals surface area contributed by atoms with Crippen molar-refractivity contribution < 1.29 is 0 Å². The molecule has 0 bridgehead atoms. The first-order valence-corrected chi connectivity index (χ1v) is 10.2. The first-order chi connectivity index (χ1) is 7.70. The lowest BCUT2D eigenvalue weighted by Gasteiger charge is -2.33. The van der Waals surface area contributed by atoms with Gasteiger partial charge in [0.15, 0.2) is 0 Å². The fourth-order valence-electron chi connectivity index (χ4n) is 1.41. The second kappa shape index (κ2) is 7.23. The Morgan fingerprint density at radius 1 is 1.12 bits per heavy atom. The number of hydrogen-bond acceptors (Lipinski definition) is 0. The normalized spacial score (nSPS) is 12.2. The van der Waals surface area contributed by atoms with Crippen LogP contribution in [0.25, 0.3) is 0 Å². The van der Waals surface area contributed by atoms with E-state index in [4.69, 9.17) is 0 Å². The lowest BCUT2D eigenvalue weighted by atomic mass is 10.1. The summed E-state index contributed by atoms with van der Waals surface area (Å²) >= 11 is 0. The zero-order valence-corrected chi connectivity index (χ0v) is 14.1. The Bertz CT molecular complexity index is 272. The van der Waals surface area contributed by atoms with Gasteiger partial charge in [0.1, 0.15) is 0 Å². The molecule has 0 unspecified atom stereocenters. The Balaban J connectivity index is 4.36. The number of unbranched alkanes of at least 4 members (excludes halogenated alkanes) is 3. The van der Waals surface area contributed by atoms with Gasteiger partial charge in [0.2, 0.25) is 0 Å². The molecule has 0 aromatic carbocycles. The van der Waals surface area contributed by atoms with Crippen LogP contribution in [0.3, 0.4) is 0 Å². The molecule has 0 radical (unpaired) electrons. The van der Waals surface area contributed by atoms with Crippen molar-refractivity contribution >= 4 is 8.07 Å². The minimum atomic E-state index is -1.28. The molecule has 0 spiro atoms. The van der Waals surface area contributed by atoms with E-state index in [2.05, 4.69) is 59.1 Å². The van der Waals surface area contributed by atoms with E-state index in [1.165, 1.54) is 37.7 Å². The number of hydrogen-bond donors (Lipinski definition) is 0. The molecule has 100 valence electrons. The summed E-state index contributed by atoms with van der Waals surface area (Å²) in [5.74, 6) is 0. The maximum atomic E-state index is 3.56. The molecule has 0 saturated carbocycles. The predicted octanol–water partition coefficient (Wildman–Crippen LogP) is 6.11. The third kappa shape index (κ3) is 6.91. The zero-order valence-electron chi connectivity index (χ0n) is 13.1. The predicted molar refractivity (Wildman–Crippen MR) is 83.2 cm³/mol. The highest BCUT2D eigenvalue weighted by Gasteiger charge is 2.32. The summed E-state index contributed by atoms with van der Waals surface area (Å²) in [6, 6.07) is 0. The third-order valence-corrected chi connectivity index (χ3v) is 8.75. The molecule has 17 heavy (non-hydrogen) atoms. The SMILES string of the molecule is CCCCCCC(C)=C=C[Si](C)(C)C(C)(C)C. The van der Waals surface area contributed by atoms with Crippen molar-refractivity contribution in [1.82, 2.24) is 0 Å². The topological polar surface area (TPSA) is 0 Å². The van der Waals surface area contributed by atoms with Crippen molar-refractivity contribution in [2.24, 2.45) is 0 Å². The first kappa shape index (κ1) is 16.7. The molecule has 0 aromatic heterocycles. The third-order valence-electron chi connectivity index (χ3n) is 4.02. The van der Waals surface area contributed by atoms with Crippen molar-refractivity contribution in [3.63, 3.8) is 0 Å². The van der Waals surface area contributed by atoms with Crippen molar-refractivity contribution in [3.8, 4) is 0 Å². The maximum Gasteiger partial charge on any atom is 0.0865 e. The second-order valence-corrected chi connectivity index (χ2v) is 12.1. The molecule has 0 N–H and O–H groups in total. The maximum absolute atomic E-state index is 3.56. The molecule has 0 aromatic rings. The van der Waals surface area contributed by atoms with Crippen molar-refractivity contribution in [1.29, 1.82) is 0 Å². The molecule has 0 heterocycles. The van der Waals surface area contributed by atoms with Crippen LogP contribution in [0.4, 0.5) is 0 Å². The molecule has 0 aliphatic rings. The summed E-state index contributed by atoms with van der Waals surface area (Å²) in [5, 5.41) is 0.433. The highest BCUT2D eigenvalue weighted by atomic mass is 28.3. The summed E-state index contributed by atoms with van der Waals surface area (Å²) in [4.78, 5) is 0. The largest absolute Gasteiger partial charge is 0.131 e. The average molecular weight is 253 g/mol. The molecular formula is C16H32Si. The summed E-state index contributed by atoms with van der Waals surface area (Å²) in [6.45, 7) is 16.4. The Morgan fingerprint density at radius 2 is 1.71 bits per heavy atom. The molecule has 0 aliphatic heterocycles. The molecule has 0 fully saturated rings. The fraction of sp³-hybridized carbons (Fsp3) is 0.812. The van der Waals surface area contributed by atoms with Gasteiger partial charge in [0.25, 0.3) is 0 Å². The fourth-order valence-corrected chi connectivity index (χ4v) is 2.45. The molecule has 0 amide bonds. The molecule has 0 rings (SSSR count). The van der Waals surface area contributed by atoms with Gasteiger partial charge in [-0.25, -0.2) is 0 Å². The van der Waals surface area contributed by atoms with Gasteiger partial charge in [-0.3, -0.25) is 0 Å². The van der Waals surface area contributed by atoms with Gasteiger partial charge >= 0.3 is 0 Å². The van der Waals surface area contributed by atoms with Crippen LogP contribution in [0, 0.1) is 0 Å². The van der Waals surface area contributed by atoms with Gasteiger partial charge in [-0.1, -0.05) is 65.8 Å². The molecule has 0 aliphatic carbocycles. The smallest absolute Gasteiger partial charge is 0.0865 e. The van der Waals surface area contributed by atoms with Gasteiger partial charge in [0, 0.05) is 0 Å². The van der Waals surface area contributed by atoms with E-state index in [1.54, 1.807) is 0 Å². The zero-order chi connectivity index (χ0) is 13.5. The van der Waals surface area contributed by atoms with E-state index in [-0.39, 0.29) is 0 Å². The highest BCUT2D eigenvalue weighted by molar-refractivity contribution is 6.84. The van der Waals surface area contributed by atoms with E-state index in [0.29, 0.717) is 5.04 Å². The summed E-state index contributed by atoms with van der Waals surface area (Å²) in [7, 11) is -1.28. The minimum absolute atomic E-state index is 0.433. The van der Waals surface area contributed by atoms with Gasteiger partial charge in [0.05, 0.1) is 8.07 Å². The molecule has 0 saturated heterocycles. The average Bonchev–Trinajstić information content (AvgIpc) is 2.20. The van der Waals surface area contributed by atoms with Crippen molar-refractivity contribution in [3.05, 3.63) is 17.0 Å².